The minimum Gasteiger partial charge on any atom is -0.489 e. The van der Waals surface area contributed by atoms with Crippen molar-refractivity contribution in [3.63, 3.8) is 0 Å². The van der Waals surface area contributed by atoms with Crippen molar-refractivity contribution >= 4 is 11.6 Å². The molecule has 1 heterocycles. The van der Waals surface area contributed by atoms with Gasteiger partial charge in [0.05, 0.1) is 5.69 Å². The normalized spacial score (nSPS) is 23.9. The Balaban J connectivity index is 2.01. The van der Waals surface area contributed by atoms with E-state index in [1.165, 1.54) is 12.8 Å². The molecule has 19 heavy (non-hydrogen) atoms. The van der Waals surface area contributed by atoms with Gasteiger partial charge in [0, 0.05) is 6.04 Å². The minimum absolute atomic E-state index is 0.138. The standard InChI is InChI=1S/C15H20N2O2/c1-16-12-10-19-14-9-5-4-8-13(14)17(15(12)18)11-6-2-3-7-11/h4-5,8-9,11-12,16H,2-3,6-7,10H2,1H3. The average molecular weight is 260 g/mol. The summed E-state index contributed by atoms with van der Waals surface area (Å²) in [6, 6.07) is 7.93. The van der Waals surface area contributed by atoms with E-state index in [1.807, 2.05) is 36.2 Å². The Morgan fingerprint density at radius 1 is 1.26 bits per heavy atom. The number of nitrogens with one attached hydrogen (secondary N) is 1. The van der Waals surface area contributed by atoms with Gasteiger partial charge in [-0.25, -0.2) is 0 Å². The molecule has 1 unspecified atom stereocenters. The minimum atomic E-state index is -0.256. The zero-order chi connectivity index (χ0) is 13.2. The molecular formula is C15H20N2O2. The SMILES string of the molecule is CNC1COc2ccccc2N(C2CCCC2)C1=O. The molecule has 1 saturated carbocycles. The number of likely N-dealkylation sites (N-methyl/N-ethyl adjacent to an activating group) is 1. The molecule has 0 spiro atoms. The van der Waals surface area contributed by atoms with E-state index in [4.69, 9.17) is 4.74 Å². The summed E-state index contributed by atoms with van der Waals surface area (Å²) < 4.78 is 5.79. The number of anilines is 1. The molecule has 1 aliphatic heterocycles. The predicted molar refractivity (Wildman–Crippen MR) is 74.5 cm³/mol. The fraction of sp³-hybridized carbons (Fsp3) is 0.533. The van der Waals surface area contributed by atoms with Crippen LogP contribution in [0.1, 0.15) is 25.7 Å². The number of amides is 1. The Morgan fingerprint density at radius 2 is 2.00 bits per heavy atom. The van der Waals surface area contributed by atoms with Crippen LogP contribution in [0, 0.1) is 0 Å². The highest BCUT2D eigenvalue weighted by molar-refractivity contribution is 5.99. The number of carbonyl (C=O) groups excluding carboxylic acids is 1. The molecule has 1 fully saturated rings. The first-order chi connectivity index (χ1) is 9.31. The number of hydrogen-bond acceptors (Lipinski definition) is 3. The van der Waals surface area contributed by atoms with E-state index in [9.17, 15) is 4.79 Å². The van der Waals surface area contributed by atoms with Gasteiger partial charge in [0.2, 0.25) is 5.91 Å². The predicted octanol–water partition coefficient (Wildman–Crippen LogP) is 1.94. The van der Waals surface area contributed by atoms with Gasteiger partial charge in [-0.3, -0.25) is 4.79 Å². The van der Waals surface area contributed by atoms with Crippen LogP contribution >= 0.6 is 0 Å². The summed E-state index contributed by atoms with van der Waals surface area (Å²) >= 11 is 0. The lowest BCUT2D eigenvalue weighted by atomic mass is 10.1. The third kappa shape index (κ3) is 2.21. The maximum Gasteiger partial charge on any atom is 0.248 e. The number of para-hydroxylation sites is 2. The van der Waals surface area contributed by atoms with E-state index in [2.05, 4.69) is 5.32 Å². The van der Waals surface area contributed by atoms with Crippen molar-refractivity contribution in [3.05, 3.63) is 24.3 Å². The van der Waals surface area contributed by atoms with Crippen LogP contribution < -0.4 is 15.0 Å². The van der Waals surface area contributed by atoms with Crippen molar-refractivity contribution in [2.24, 2.45) is 0 Å². The Morgan fingerprint density at radius 3 is 2.74 bits per heavy atom. The highest BCUT2D eigenvalue weighted by Gasteiger charge is 2.35. The molecule has 2 aliphatic rings. The van der Waals surface area contributed by atoms with Gasteiger partial charge in [0.15, 0.2) is 0 Å². The van der Waals surface area contributed by atoms with Crippen molar-refractivity contribution < 1.29 is 9.53 Å². The van der Waals surface area contributed by atoms with Crippen molar-refractivity contribution in [2.75, 3.05) is 18.6 Å². The molecular weight excluding hydrogens is 240 g/mol. The lowest BCUT2D eigenvalue weighted by Crippen LogP contribution is -2.50. The van der Waals surface area contributed by atoms with Crippen molar-refractivity contribution in [3.8, 4) is 5.75 Å². The zero-order valence-corrected chi connectivity index (χ0v) is 11.3. The van der Waals surface area contributed by atoms with Crippen LogP contribution in [0.2, 0.25) is 0 Å². The molecule has 1 N–H and O–H groups in total. The molecule has 1 aliphatic carbocycles. The molecule has 4 heteroatoms. The van der Waals surface area contributed by atoms with E-state index in [1.54, 1.807) is 0 Å². The summed E-state index contributed by atoms with van der Waals surface area (Å²) in [5.41, 5.74) is 0.928. The van der Waals surface area contributed by atoms with Crippen molar-refractivity contribution in [2.45, 2.75) is 37.8 Å². The average Bonchev–Trinajstić information content (AvgIpc) is 2.90. The number of carbonyl (C=O) groups is 1. The maximum atomic E-state index is 12.7. The lowest BCUT2D eigenvalue weighted by molar-refractivity contribution is -0.121. The maximum absolute atomic E-state index is 12.7. The fourth-order valence-corrected chi connectivity index (χ4v) is 3.06. The van der Waals surface area contributed by atoms with E-state index in [0.29, 0.717) is 12.6 Å². The summed E-state index contributed by atoms with van der Waals surface area (Å²) in [6.07, 6.45) is 4.61. The van der Waals surface area contributed by atoms with Crippen molar-refractivity contribution in [1.82, 2.24) is 5.32 Å². The van der Waals surface area contributed by atoms with Crippen LogP contribution in [0.15, 0.2) is 24.3 Å². The largest absolute Gasteiger partial charge is 0.489 e. The Kier molecular flexibility index (Phi) is 3.42. The molecule has 102 valence electrons. The Labute approximate surface area is 113 Å². The van der Waals surface area contributed by atoms with Crippen LogP contribution in [0.25, 0.3) is 0 Å². The summed E-state index contributed by atoms with van der Waals surface area (Å²) in [5.74, 6) is 0.958. The second-order valence-electron chi connectivity index (χ2n) is 5.27. The first-order valence-corrected chi connectivity index (χ1v) is 7.03. The summed E-state index contributed by atoms with van der Waals surface area (Å²) in [4.78, 5) is 14.7. The van der Waals surface area contributed by atoms with Crippen LogP contribution in [0.4, 0.5) is 5.69 Å². The lowest BCUT2D eigenvalue weighted by Gasteiger charge is -2.30. The Bertz CT molecular complexity index is 469. The number of fused-ring (bicyclic) bond motifs is 1. The van der Waals surface area contributed by atoms with Crippen LogP contribution in [-0.2, 0) is 4.79 Å². The van der Waals surface area contributed by atoms with Crippen LogP contribution in [0.3, 0.4) is 0 Å². The number of rotatable bonds is 2. The third-order valence-electron chi connectivity index (χ3n) is 4.10. The topological polar surface area (TPSA) is 41.6 Å². The molecule has 3 rings (SSSR count). The summed E-state index contributed by atoms with van der Waals surface area (Å²) in [5, 5.41) is 3.07. The van der Waals surface area contributed by atoms with Gasteiger partial charge >= 0.3 is 0 Å². The zero-order valence-electron chi connectivity index (χ0n) is 11.3. The molecule has 0 saturated heterocycles. The van der Waals surface area contributed by atoms with Crippen LogP contribution in [-0.4, -0.2) is 31.6 Å². The molecule has 1 atom stereocenters. The Hall–Kier alpha value is -1.55. The van der Waals surface area contributed by atoms with Gasteiger partial charge in [0.25, 0.3) is 0 Å². The number of benzene rings is 1. The van der Waals surface area contributed by atoms with Gasteiger partial charge in [-0.1, -0.05) is 25.0 Å². The third-order valence-corrected chi connectivity index (χ3v) is 4.10. The van der Waals surface area contributed by atoms with Gasteiger partial charge in [-0.15, -0.1) is 0 Å². The van der Waals surface area contributed by atoms with Gasteiger partial charge in [0.1, 0.15) is 18.4 Å². The summed E-state index contributed by atoms with van der Waals surface area (Å²) in [6.45, 7) is 0.398. The molecule has 1 amide bonds. The highest BCUT2D eigenvalue weighted by Crippen LogP contribution is 2.36. The molecule has 1 aromatic carbocycles. The highest BCUT2D eigenvalue weighted by atomic mass is 16.5. The first kappa shape index (κ1) is 12.5. The van der Waals surface area contributed by atoms with E-state index >= 15 is 0 Å². The molecule has 0 radical (unpaired) electrons. The van der Waals surface area contributed by atoms with E-state index < -0.39 is 0 Å². The second kappa shape index (κ2) is 5.21. The smallest absolute Gasteiger partial charge is 0.248 e. The number of ether oxygens (including phenoxy) is 1. The monoisotopic (exact) mass is 260 g/mol. The number of hydrogen-bond donors (Lipinski definition) is 1. The summed E-state index contributed by atoms with van der Waals surface area (Å²) in [7, 11) is 1.81. The first-order valence-electron chi connectivity index (χ1n) is 7.03. The number of nitrogens with zero attached hydrogens (tertiary/aromatic N) is 1. The van der Waals surface area contributed by atoms with E-state index in [-0.39, 0.29) is 11.9 Å². The van der Waals surface area contributed by atoms with Crippen molar-refractivity contribution in [1.29, 1.82) is 0 Å². The molecule has 0 bridgehead atoms. The van der Waals surface area contributed by atoms with Gasteiger partial charge in [-0.05, 0) is 32.0 Å². The molecule has 1 aromatic rings. The van der Waals surface area contributed by atoms with E-state index in [0.717, 1.165) is 24.3 Å². The quantitative estimate of drug-likeness (QED) is 0.883. The molecule has 4 nitrogen and oxygen atoms in total. The van der Waals surface area contributed by atoms with Gasteiger partial charge in [-0.2, -0.15) is 0 Å². The van der Waals surface area contributed by atoms with Gasteiger partial charge < -0.3 is 15.0 Å². The van der Waals surface area contributed by atoms with Crippen LogP contribution in [0.5, 0.6) is 5.75 Å². The molecule has 0 aromatic heterocycles. The second-order valence-corrected chi connectivity index (χ2v) is 5.27. The fourth-order valence-electron chi connectivity index (χ4n) is 3.06.